The smallest absolute Gasteiger partial charge is 0.136 e. The number of hydrogen-bond donors (Lipinski definition) is 2. The van der Waals surface area contributed by atoms with E-state index in [1.807, 2.05) is 7.05 Å². The van der Waals surface area contributed by atoms with E-state index < -0.39 is 0 Å². The van der Waals surface area contributed by atoms with Crippen molar-refractivity contribution in [2.75, 3.05) is 43.9 Å². The Morgan fingerprint density at radius 1 is 1.19 bits per heavy atom. The molecule has 1 aliphatic heterocycles. The third kappa shape index (κ3) is 3.28. The van der Waals surface area contributed by atoms with Crippen LogP contribution >= 0.6 is 0 Å². The maximum atomic E-state index is 4.77. The van der Waals surface area contributed by atoms with E-state index in [1.165, 1.54) is 38.9 Å². The number of nitrogens with one attached hydrogen (secondary N) is 2. The summed E-state index contributed by atoms with van der Waals surface area (Å²) < 4.78 is 0. The third-order valence-corrected chi connectivity index (χ3v) is 4.72. The molecule has 1 aliphatic carbocycles. The van der Waals surface area contributed by atoms with E-state index in [0.717, 1.165) is 35.5 Å². The van der Waals surface area contributed by atoms with Crippen LogP contribution in [0.4, 0.5) is 11.6 Å². The number of nitrogens with zero attached hydrogens (tertiary/aromatic N) is 3. The molecule has 2 aliphatic rings. The largest absolute Gasteiger partial charge is 0.373 e. The molecule has 5 nitrogen and oxygen atoms in total. The lowest BCUT2D eigenvalue weighted by Gasteiger charge is -2.17. The fraction of sp³-hybridized carbons (Fsp3) is 0.750. The molecule has 21 heavy (non-hydrogen) atoms. The minimum atomic E-state index is 0.584. The van der Waals surface area contributed by atoms with Crippen molar-refractivity contribution in [1.82, 2.24) is 14.9 Å². The molecule has 1 aromatic rings. The maximum absolute atomic E-state index is 4.77. The molecule has 2 fully saturated rings. The molecule has 0 amide bonds. The maximum Gasteiger partial charge on any atom is 0.136 e. The van der Waals surface area contributed by atoms with Gasteiger partial charge in [0.2, 0.25) is 0 Å². The molecule has 116 valence electrons. The average Bonchev–Trinajstić information content (AvgIpc) is 3.25. The number of hydrogen-bond acceptors (Lipinski definition) is 5. The van der Waals surface area contributed by atoms with E-state index in [-0.39, 0.29) is 0 Å². The number of aromatic nitrogens is 2. The number of anilines is 2. The Kier molecular flexibility index (Phi) is 4.29. The summed E-state index contributed by atoms with van der Waals surface area (Å²) in [6.07, 6.45) is 3.76. The average molecular weight is 289 g/mol. The van der Waals surface area contributed by atoms with Gasteiger partial charge in [-0.3, -0.25) is 0 Å². The van der Waals surface area contributed by atoms with Crippen LogP contribution in [0.3, 0.4) is 0 Å². The van der Waals surface area contributed by atoms with Crippen LogP contribution in [0.1, 0.15) is 43.5 Å². The summed E-state index contributed by atoms with van der Waals surface area (Å²) in [6, 6.07) is 0. The topological polar surface area (TPSA) is 53.1 Å². The van der Waals surface area contributed by atoms with E-state index >= 15 is 0 Å². The van der Waals surface area contributed by atoms with Crippen LogP contribution in [0.15, 0.2) is 0 Å². The van der Waals surface area contributed by atoms with Crippen molar-refractivity contribution >= 4 is 11.6 Å². The zero-order valence-corrected chi connectivity index (χ0v) is 13.4. The van der Waals surface area contributed by atoms with Crippen LogP contribution in [-0.4, -0.2) is 48.1 Å². The summed E-state index contributed by atoms with van der Waals surface area (Å²) in [7, 11) is 1.94. The molecular weight excluding hydrogens is 262 g/mol. The first-order chi connectivity index (χ1) is 10.2. The predicted octanol–water partition coefficient (Wildman–Crippen LogP) is 2.46. The first-order valence-electron chi connectivity index (χ1n) is 8.23. The van der Waals surface area contributed by atoms with Crippen molar-refractivity contribution in [2.24, 2.45) is 5.92 Å². The quantitative estimate of drug-likeness (QED) is 0.842. The molecule has 2 heterocycles. The van der Waals surface area contributed by atoms with Gasteiger partial charge in [0.25, 0.3) is 0 Å². The van der Waals surface area contributed by atoms with Crippen molar-refractivity contribution in [2.45, 2.75) is 39.0 Å². The Bertz CT molecular complexity index is 498. The first-order valence-corrected chi connectivity index (χ1v) is 8.23. The molecule has 0 aromatic carbocycles. The molecule has 5 heteroatoms. The van der Waals surface area contributed by atoms with Gasteiger partial charge >= 0.3 is 0 Å². The minimum absolute atomic E-state index is 0.584. The van der Waals surface area contributed by atoms with Gasteiger partial charge in [-0.2, -0.15) is 0 Å². The zero-order valence-electron chi connectivity index (χ0n) is 13.4. The highest BCUT2D eigenvalue weighted by Gasteiger charge is 2.28. The van der Waals surface area contributed by atoms with Crippen LogP contribution in [-0.2, 0) is 0 Å². The van der Waals surface area contributed by atoms with Crippen LogP contribution in [0.5, 0.6) is 0 Å². The molecule has 1 atom stereocenters. The van der Waals surface area contributed by atoms with Gasteiger partial charge in [-0.05, 0) is 45.2 Å². The summed E-state index contributed by atoms with van der Waals surface area (Å²) in [5.41, 5.74) is 1.13. The van der Waals surface area contributed by atoms with E-state index in [4.69, 9.17) is 4.98 Å². The van der Waals surface area contributed by atoms with Gasteiger partial charge in [-0.1, -0.05) is 6.92 Å². The van der Waals surface area contributed by atoms with E-state index in [9.17, 15) is 0 Å². The molecule has 0 radical (unpaired) electrons. The van der Waals surface area contributed by atoms with Crippen LogP contribution in [0.25, 0.3) is 0 Å². The molecule has 1 unspecified atom stereocenters. The lowest BCUT2D eigenvalue weighted by atomic mass is 10.1. The van der Waals surface area contributed by atoms with Crippen LogP contribution < -0.4 is 10.6 Å². The highest BCUT2D eigenvalue weighted by Crippen LogP contribution is 2.39. The summed E-state index contributed by atoms with van der Waals surface area (Å²) in [5, 5.41) is 6.78. The summed E-state index contributed by atoms with van der Waals surface area (Å²) in [4.78, 5) is 11.9. The van der Waals surface area contributed by atoms with Crippen molar-refractivity contribution < 1.29 is 0 Å². The van der Waals surface area contributed by atoms with Gasteiger partial charge in [0.15, 0.2) is 0 Å². The highest BCUT2D eigenvalue weighted by atomic mass is 15.2. The summed E-state index contributed by atoms with van der Waals surface area (Å²) in [6.45, 7) is 8.96. The second-order valence-electron chi connectivity index (χ2n) is 6.36. The SMILES string of the molecule is CCN1CCC(CNc2nc(C3CC3)nc(NC)c2C)C1. The standard InChI is InChI=1S/C16H27N5/c1-4-21-8-7-12(10-21)9-18-15-11(2)14(17-3)19-16(20-15)13-5-6-13/h12-13H,4-10H2,1-3H3,(H2,17,18,19,20). The Morgan fingerprint density at radius 2 is 1.95 bits per heavy atom. The van der Waals surface area contributed by atoms with Gasteiger partial charge in [-0.15, -0.1) is 0 Å². The van der Waals surface area contributed by atoms with E-state index in [2.05, 4.69) is 34.4 Å². The number of rotatable bonds is 6. The Labute approximate surface area is 127 Å². The monoisotopic (exact) mass is 289 g/mol. The van der Waals surface area contributed by atoms with Gasteiger partial charge < -0.3 is 15.5 Å². The Morgan fingerprint density at radius 3 is 2.57 bits per heavy atom. The Balaban J connectivity index is 1.68. The minimum Gasteiger partial charge on any atom is -0.373 e. The van der Waals surface area contributed by atoms with Crippen molar-refractivity contribution in [1.29, 1.82) is 0 Å². The van der Waals surface area contributed by atoms with Crippen molar-refractivity contribution in [3.8, 4) is 0 Å². The molecular formula is C16H27N5. The third-order valence-electron chi connectivity index (χ3n) is 4.72. The normalized spacial score (nSPS) is 22.5. The fourth-order valence-corrected chi connectivity index (χ4v) is 3.08. The second kappa shape index (κ2) is 6.18. The van der Waals surface area contributed by atoms with Gasteiger partial charge in [0.1, 0.15) is 17.5 Å². The lowest BCUT2D eigenvalue weighted by Crippen LogP contribution is -2.23. The van der Waals surface area contributed by atoms with E-state index in [1.54, 1.807) is 0 Å². The van der Waals surface area contributed by atoms with Crippen LogP contribution in [0.2, 0.25) is 0 Å². The van der Waals surface area contributed by atoms with Gasteiger partial charge in [0, 0.05) is 31.6 Å². The molecule has 2 N–H and O–H groups in total. The van der Waals surface area contributed by atoms with Crippen molar-refractivity contribution in [3.05, 3.63) is 11.4 Å². The zero-order chi connectivity index (χ0) is 14.8. The predicted molar refractivity (Wildman–Crippen MR) is 87.0 cm³/mol. The van der Waals surface area contributed by atoms with Crippen molar-refractivity contribution in [3.63, 3.8) is 0 Å². The molecule has 1 saturated heterocycles. The molecule has 1 aromatic heterocycles. The number of likely N-dealkylation sites (tertiary alicyclic amines) is 1. The highest BCUT2D eigenvalue weighted by molar-refractivity contribution is 5.57. The lowest BCUT2D eigenvalue weighted by molar-refractivity contribution is 0.345. The van der Waals surface area contributed by atoms with E-state index in [0.29, 0.717) is 5.92 Å². The second-order valence-corrected chi connectivity index (χ2v) is 6.36. The molecule has 0 bridgehead atoms. The Hall–Kier alpha value is -1.36. The van der Waals surface area contributed by atoms with Crippen LogP contribution in [0, 0.1) is 12.8 Å². The van der Waals surface area contributed by atoms with Gasteiger partial charge in [-0.25, -0.2) is 9.97 Å². The fourth-order valence-electron chi connectivity index (χ4n) is 3.08. The first kappa shape index (κ1) is 14.6. The molecule has 3 rings (SSSR count). The van der Waals surface area contributed by atoms with Gasteiger partial charge in [0.05, 0.1) is 0 Å². The molecule has 1 saturated carbocycles. The summed E-state index contributed by atoms with van der Waals surface area (Å²) >= 11 is 0. The molecule has 0 spiro atoms. The summed E-state index contributed by atoms with van der Waals surface area (Å²) in [5.74, 6) is 4.32.